The highest BCUT2D eigenvalue weighted by Gasteiger charge is 2.42. The number of carbonyl (C=O) groups excluding carboxylic acids is 3. The third-order valence-electron chi connectivity index (χ3n) is 8.89. The number of esters is 2. The van der Waals surface area contributed by atoms with Crippen molar-refractivity contribution in [2.75, 3.05) is 33.3 Å². The summed E-state index contributed by atoms with van der Waals surface area (Å²) in [7, 11) is -2.71. The molecule has 2 aliphatic rings. The minimum Gasteiger partial charge on any atom is -0.497 e. The first kappa shape index (κ1) is 37.3. The van der Waals surface area contributed by atoms with E-state index < -0.39 is 27.6 Å². The summed E-state index contributed by atoms with van der Waals surface area (Å²) in [6.07, 6.45) is 5.40. The molecule has 1 unspecified atom stereocenters. The Bertz CT molecular complexity index is 1450. The Kier molecular flexibility index (Phi) is 13.4. The van der Waals surface area contributed by atoms with Crippen molar-refractivity contribution in [1.82, 2.24) is 14.5 Å². The molecule has 0 spiro atoms. The average molecular weight is 686 g/mol. The van der Waals surface area contributed by atoms with Crippen molar-refractivity contribution in [2.45, 2.75) is 101 Å². The molecule has 1 aliphatic carbocycles. The Labute approximate surface area is 285 Å². The molecule has 264 valence electrons. The largest absolute Gasteiger partial charge is 0.497 e. The van der Waals surface area contributed by atoms with Gasteiger partial charge in [0.25, 0.3) is 0 Å². The molecule has 0 radical (unpaired) electrons. The highest BCUT2D eigenvalue weighted by molar-refractivity contribution is 7.89. The van der Waals surface area contributed by atoms with Gasteiger partial charge in [0.15, 0.2) is 0 Å². The van der Waals surface area contributed by atoms with E-state index >= 15 is 0 Å². The predicted molar refractivity (Wildman–Crippen MR) is 182 cm³/mol. The standard InChI is InChI=1S/C36H51N3O8S/c1-36(2,3)47-33(41)25-37-29-19-22-38(23-20-29)32(40)21-24-39(48(43,44)31-17-15-30(45-4)16-18-31)34(28-13-9-6-10-14-28)35(42)46-26-27-11-7-5-8-12-27/h5,7-8,11-12,15-18,28-29,34,37H,6,9-10,13-14,19-26H2,1-4H3. The van der Waals surface area contributed by atoms with Crippen molar-refractivity contribution in [1.29, 1.82) is 0 Å². The maximum atomic E-state index is 14.3. The van der Waals surface area contributed by atoms with Gasteiger partial charge in [-0.15, -0.1) is 0 Å². The Morgan fingerprint density at radius 3 is 2.19 bits per heavy atom. The van der Waals surface area contributed by atoms with Crippen molar-refractivity contribution < 1.29 is 37.0 Å². The molecule has 0 aromatic heterocycles. The van der Waals surface area contributed by atoms with Gasteiger partial charge in [0.05, 0.1) is 18.6 Å². The molecule has 1 N–H and O–H groups in total. The van der Waals surface area contributed by atoms with E-state index in [0.29, 0.717) is 44.5 Å². The number of rotatable bonds is 14. The van der Waals surface area contributed by atoms with E-state index in [2.05, 4.69) is 5.32 Å². The molecule has 48 heavy (non-hydrogen) atoms. The van der Waals surface area contributed by atoms with Crippen molar-refractivity contribution >= 4 is 27.9 Å². The Balaban J connectivity index is 1.49. The molecule has 2 aromatic rings. The van der Waals surface area contributed by atoms with Crippen LogP contribution in [0.25, 0.3) is 0 Å². The summed E-state index contributed by atoms with van der Waals surface area (Å²) in [5.74, 6) is -0.848. The van der Waals surface area contributed by atoms with Crippen LogP contribution in [0.5, 0.6) is 5.75 Å². The number of ether oxygens (including phenoxy) is 3. The molecule has 11 nitrogen and oxygen atoms in total. The number of amides is 1. The summed E-state index contributed by atoms with van der Waals surface area (Å²) in [5.41, 5.74) is 0.245. The van der Waals surface area contributed by atoms with Crippen LogP contribution in [0.15, 0.2) is 59.5 Å². The van der Waals surface area contributed by atoms with E-state index in [1.54, 1.807) is 17.0 Å². The number of hydrogen-bond acceptors (Lipinski definition) is 9. The van der Waals surface area contributed by atoms with E-state index in [1.165, 1.54) is 23.5 Å². The van der Waals surface area contributed by atoms with Gasteiger partial charge in [0.1, 0.15) is 24.0 Å². The van der Waals surface area contributed by atoms with E-state index in [0.717, 1.165) is 24.8 Å². The molecular formula is C36H51N3O8S. The minimum absolute atomic E-state index is 0.0179. The average Bonchev–Trinajstić information content (AvgIpc) is 3.08. The molecule has 1 amide bonds. The van der Waals surface area contributed by atoms with Gasteiger partial charge in [-0.05, 0) is 82.2 Å². The number of sulfonamides is 1. The van der Waals surface area contributed by atoms with Crippen LogP contribution < -0.4 is 10.1 Å². The number of nitrogens with one attached hydrogen (secondary N) is 1. The first-order chi connectivity index (χ1) is 22.9. The number of likely N-dealkylation sites (tertiary alicyclic amines) is 1. The molecule has 0 bridgehead atoms. The maximum Gasteiger partial charge on any atom is 0.325 e. The summed E-state index contributed by atoms with van der Waals surface area (Å²) in [6.45, 7) is 6.37. The van der Waals surface area contributed by atoms with Gasteiger partial charge in [-0.25, -0.2) is 8.42 Å². The molecule has 2 fully saturated rings. The van der Waals surface area contributed by atoms with Crippen molar-refractivity contribution in [3.8, 4) is 5.75 Å². The Morgan fingerprint density at radius 1 is 0.938 bits per heavy atom. The van der Waals surface area contributed by atoms with Gasteiger partial charge in [0.2, 0.25) is 15.9 Å². The second kappa shape index (κ2) is 17.3. The van der Waals surface area contributed by atoms with Crippen LogP contribution in [0.4, 0.5) is 0 Å². The SMILES string of the molecule is COc1ccc(S(=O)(=O)N(CCC(=O)N2CCC(NCC(=O)OC(C)(C)C)CC2)C(C(=O)OCc2ccccc2)C2CCCCC2)cc1. The molecular weight excluding hydrogens is 634 g/mol. The number of carbonyl (C=O) groups is 3. The maximum absolute atomic E-state index is 14.3. The first-order valence-corrected chi connectivity index (χ1v) is 18.4. The number of piperidine rings is 1. The number of benzene rings is 2. The van der Waals surface area contributed by atoms with Crippen molar-refractivity contribution in [2.24, 2.45) is 5.92 Å². The molecule has 1 saturated carbocycles. The first-order valence-electron chi connectivity index (χ1n) is 17.0. The molecule has 1 heterocycles. The summed E-state index contributed by atoms with van der Waals surface area (Å²) >= 11 is 0. The lowest BCUT2D eigenvalue weighted by Crippen LogP contribution is -2.52. The van der Waals surface area contributed by atoms with Crippen LogP contribution in [-0.2, 0) is 40.5 Å². The van der Waals surface area contributed by atoms with E-state index in [9.17, 15) is 22.8 Å². The Hall–Kier alpha value is -3.48. The summed E-state index contributed by atoms with van der Waals surface area (Å²) < 4.78 is 46.3. The highest BCUT2D eigenvalue weighted by Crippen LogP contribution is 2.33. The molecule has 1 atom stereocenters. The third-order valence-corrected chi connectivity index (χ3v) is 10.8. The van der Waals surface area contributed by atoms with Crippen LogP contribution in [0.3, 0.4) is 0 Å². The highest BCUT2D eigenvalue weighted by atomic mass is 32.2. The van der Waals surface area contributed by atoms with Crippen LogP contribution in [0, 0.1) is 5.92 Å². The molecule has 2 aromatic carbocycles. The second-order valence-electron chi connectivity index (χ2n) is 13.6. The van der Waals surface area contributed by atoms with Gasteiger partial charge in [-0.3, -0.25) is 14.4 Å². The monoisotopic (exact) mass is 685 g/mol. The fraction of sp³-hybridized carbons (Fsp3) is 0.583. The molecule has 12 heteroatoms. The number of methoxy groups -OCH3 is 1. The molecule has 1 saturated heterocycles. The minimum atomic E-state index is -4.21. The van der Waals surface area contributed by atoms with Crippen LogP contribution in [0.2, 0.25) is 0 Å². The van der Waals surface area contributed by atoms with Crippen molar-refractivity contribution in [3.63, 3.8) is 0 Å². The summed E-state index contributed by atoms with van der Waals surface area (Å²) in [6, 6.07) is 14.3. The lowest BCUT2D eigenvalue weighted by Gasteiger charge is -2.37. The summed E-state index contributed by atoms with van der Waals surface area (Å²) in [4.78, 5) is 41.3. The number of nitrogens with zero attached hydrogens (tertiary/aromatic N) is 2. The second-order valence-corrected chi connectivity index (χ2v) is 15.5. The van der Waals surface area contributed by atoms with Gasteiger partial charge < -0.3 is 24.4 Å². The lowest BCUT2D eigenvalue weighted by molar-refractivity contribution is -0.154. The third kappa shape index (κ3) is 10.8. The molecule has 4 rings (SSSR count). The lowest BCUT2D eigenvalue weighted by atomic mass is 9.83. The quantitative estimate of drug-likeness (QED) is 0.282. The predicted octanol–water partition coefficient (Wildman–Crippen LogP) is 4.69. The van der Waals surface area contributed by atoms with Crippen LogP contribution in [0.1, 0.15) is 77.7 Å². The van der Waals surface area contributed by atoms with E-state index in [-0.39, 0.29) is 54.8 Å². The van der Waals surface area contributed by atoms with Gasteiger partial charge in [-0.1, -0.05) is 49.6 Å². The normalized spacial score (nSPS) is 17.1. The van der Waals surface area contributed by atoms with Crippen LogP contribution in [-0.4, -0.2) is 86.4 Å². The van der Waals surface area contributed by atoms with Crippen LogP contribution >= 0.6 is 0 Å². The molecule has 1 aliphatic heterocycles. The van der Waals surface area contributed by atoms with E-state index in [4.69, 9.17) is 14.2 Å². The Morgan fingerprint density at radius 2 is 1.58 bits per heavy atom. The topological polar surface area (TPSA) is 132 Å². The summed E-state index contributed by atoms with van der Waals surface area (Å²) in [5, 5.41) is 3.23. The fourth-order valence-electron chi connectivity index (χ4n) is 6.40. The van der Waals surface area contributed by atoms with Gasteiger partial charge in [-0.2, -0.15) is 4.31 Å². The zero-order valence-corrected chi connectivity index (χ0v) is 29.5. The number of hydrogen-bond donors (Lipinski definition) is 1. The smallest absolute Gasteiger partial charge is 0.325 e. The van der Waals surface area contributed by atoms with Crippen molar-refractivity contribution in [3.05, 3.63) is 60.2 Å². The zero-order chi connectivity index (χ0) is 34.7. The van der Waals surface area contributed by atoms with Gasteiger partial charge >= 0.3 is 11.9 Å². The fourth-order valence-corrected chi connectivity index (χ4v) is 8.04. The van der Waals surface area contributed by atoms with E-state index in [1.807, 2.05) is 51.1 Å². The zero-order valence-electron chi connectivity index (χ0n) is 28.7. The van der Waals surface area contributed by atoms with Gasteiger partial charge in [0, 0.05) is 32.1 Å².